The molecule has 0 aromatic rings. The molecular formula is C70H128O5. The van der Waals surface area contributed by atoms with Crippen molar-refractivity contribution in [2.75, 3.05) is 13.2 Å². The lowest BCUT2D eigenvalue weighted by molar-refractivity contribution is -0.161. The predicted molar refractivity (Wildman–Crippen MR) is 330 cm³/mol. The van der Waals surface area contributed by atoms with Crippen molar-refractivity contribution in [3.63, 3.8) is 0 Å². The second kappa shape index (κ2) is 65.9. The van der Waals surface area contributed by atoms with E-state index >= 15 is 0 Å². The number of aliphatic hydroxyl groups is 1. The summed E-state index contributed by atoms with van der Waals surface area (Å²) in [6.07, 6.45) is 89.6. The van der Waals surface area contributed by atoms with Crippen LogP contribution in [0.25, 0.3) is 0 Å². The smallest absolute Gasteiger partial charge is 0.306 e. The molecule has 0 spiro atoms. The fourth-order valence-corrected chi connectivity index (χ4v) is 10.1. The monoisotopic (exact) mass is 1050 g/mol. The maximum Gasteiger partial charge on any atom is 0.306 e. The molecule has 0 aliphatic heterocycles. The van der Waals surface area contributed by atoms with Gasteiger partial charge in [-0.05, 0) is 57.8 Å². The largest absolute Gasteiger partial charge is 0.462 e. The van der Waals surface area contributed by atoms with Crippen molar-refractivity contribution in [2.45, 2.75) is 360 Å². The summed E-state index contributed by atoms with van der Waals surface area (Å²) in [7, 11) is 0. The molecule has 5 nitrogen and oxygen atoms in total. The Morgan fingerprint density at radius 1 is 0.320 bits per heavy atom. The zero-order valence-electron chi connectivity index (χ0n) is 50.3. The van der Waals surface area contributed by atoms with Crippen LogP contribution in [0.4, 0.5) is 0 Å². The molecule has 0 saturated carbocycles. The standard InChI is InChI=1S/C70H128O5/c1-3-5-7-9-11-13-15-17-19-21-23-25-27-28-29-30-31-32-33-34-35-36-37-38-39-40-41-42-43-45-47-49-51-53-55-57-59-61-63-65-70(73)75-68(66-71)67-74-69(72)64-62-60-58-56-54-52-50-48-46-44-26-24-22-20-18-16-14-12-10-8-6-4-2/h5,7,11,13,17,19,23,25,28-29,68,71H,3-4,6,8-10,12,14-16,18,20-22,24,26-27,30-67H2,1-2H3/b7-5-,13-11-,19-17-,25-23-,29-28-. The molecule has 1 unspecified atom stereocenters. The quantitative estimate of drug-likeness (QED) is 0.0373. The minimum atomic E-state index is -0.769. The number of allylic oxidation sites excluding steroid dienone is 10. The lowest BCUT2D eigenvalue weighted by Gasteiger charge is -2.15. The van der Waals surface area contributed by atoms with Crippen molar-refractivity contribution in [3.05, 3.63) is 60.8 Å². The Labute approximate surface area is 468 Å². The fraction of sp³-hybridized carbons (Fsp3) is 0.829. The van der Waals surface area contributed by atoms with E-state index < -0.39 is 6.10 Å². The van der Waals surface area contributed by atoms with Gasteiger partial charge in [-0.25, -0.2) is 0 Å². The number of unbranched alkanes of at least 4 members (excludes halogenated alkanes) is 44. The number of rotatable bonds is 62. The highest BCUT2D eigenvalue weighted by atomic mass is 16.6. The number of ether oxygens (including phenoxy) is 2. The van der Waals surface area contributed by atoms with Crippen LogP contribution in [-0.4, -0.2) is 36.4 Å². The highest BCUT2D eigenvalue weighted by molar-refractivity contribution is 5.70. The molecule has 1 N–H and O–H groups in total. The molecule has 5 heteroatoms. The Morgan fingerprint density at radius 2 is 0.573 bits per heavy atom. The molecule has 0 saturated heterocycles. The highest BCUT2D eigenvalue weighted by Crippen LogP contribution is 2.18. The first-order chi connectivity index (χ1) is 37.1. The van der Waals surface area contributed by atoms with E-state index in [4.69, 9.17) is 9.47 Å². The molecule has 0 aliphatic carbocycles. The first-order valence-electron chi connectivity index (χ1n) is 33.3. The SMILES string of the molecule is CC/C=C\C/C=C\C/C=C\C/C=C\C/C=C\CCCCCCCCCCCCCCCCCCCCCCCCCC(=O)OC(CO)COC(=O)CCCCCCCCCCCCCCCCCCCCCCCC. The summed E-state index contributed by atoms with van der Waals surface area (Å²) in [6, 6.07) is 0. The highest BCUT2D eigenvalue weighted by Gasteiger charge is 2.16. The van der Waals surface area contributed by atoms with Crippen molar-refractivity contribution >= 4 is 11.9 Å². The van der Waals surface area contributed by atoms with Crippen molar-refractivity contribution in [1.29, 1.82) is 0 Å². The summed E-state index contributed by atoms with van der Waals surface area (Å²) in [5, 5.41) is 9.68. The number of hydrogen-bond acceptors (Lipinski definition) is 5. The summed E-state index contributed by atoms with van der Waals surface area (Å²) in [6.45, 7) is 4.08. The van der Waals surface area contributed by atoms with E-state index in [1.165, 1.54) is 263 Å². The van der Waals surface area contributed by atoms with E-state index in [9.17, 15) is 14.7 Å². The average molecular weight is 1050 g/mol. The van der Waals surface area contributed by atoms with E-state index in [-0.39, 0.29) is 25.2 Å². The molecule has 0 rings (SSSR count). The lowest BCUT2D eigenvalue weighted by atomic mass is 10.0. The number of aliphatic hydroxyl groups excluding tert-OH is 1. The van der Waals surface area contributed by atoms with Gasteiger partial charge in [0.05, 0.1) is 6.61 Å². The summed E-state index contributed by atoms with van der Waals surface area (Å²) in [5.41, 5.74) is 0. The molecule has 0 radical (unpaired) electrons. The normalized spacial score (nSPS) is 12.5. The van der Waals surface area contributed by atoms with Crippen LogP contribution in [0.1, 0.15) is 354 Å². The van der Waals surface area contributed by atoms with Crippen LogP contribution in [0, 0.1) is 0 Å². The lowest BCUT2D eigenvalue weighted by Crippen LogP contribution is -2.28. The Bertz CT molecular complexity index is 1280. The van der Waals surface area contributed by atoms with Crippen LogP contribution in [-0.2, 0) is 19.1 Å². The maximum absolute atomic E-state index is 12.3. The van der Waals surface area contributed by atoms with Crippen LogP contribution < -0.4 is 0 Å². The summed E-state index contributed by atoms with van der Waals surface area (Å²) in [5.74, 6) is -0.567. The van der Waals surface area contributed by atoms with E-state index in [2.05, 4.69) is 74.6 Å². The third-order valence-corrected chi connectivity index (χ3v) is 15.1. The van der Waals surface area contributed by atoms with E-state index in [1.807, 2.05) is 0 Å². The van der Waals surface area contributed by atoms with Crippen molar-refractivity contribution in [1.82, 2.24) is 0 Å². The summed E-state index contributed by atoms with van der Waals surface area (Å²) < 4.78 is 10.7. The molecule has 0 bridgehead atoms. The van der Waals surface area contributed by atoms with Gasteiger partial charge in [0.2, 0.25) is 0 Å². The second-order valence-corrected chi connectivity index (χ2v) is 22.5. The van der Waals surface area contributed by atoms with E-state index in [0.717, 1.165) is 64.2 Å². The van der Waals surface area contributed by atoms with Gasteiger partial charge in [-0.1, -0.05) is 344 Å². The van der Waals surface area contributed by atoms with Crippen LogP contribution in [0.3, 0.4) is 0 Å². The number of carbonyl (C=O) groups excluding carboxylic acids is 2. The molecule has 0 aromatic carbocycles. The van der Waals surface area contributed by atoms with Gasteiger partial charge >= 0.3 is 11.9 Å². The van der Waals surface area contributed by atoms with Crippen LogP contribution in [0.2, 0.25) is 0 Å². The Balaban J connectivity index is 3.39. The molecule has 0 fully saturated rings. The molecule has 75 heavy (non-hydrogen) atoms. The number of carbonyl (C=O) groups is 2. The molecule has 0 heterocycles. The average Bonchev–Trinajstić information content (AvgIpc) is 3.41. The van der Waals surface area contributed by atoms with Gasteiger partial charge in [0.25, 0.3) is 0 Å². The van der Waals surface area contributed by atoms with Gasteiger partial charge in [0.1, 0.15) is 6.61 Å². The number of hydrogen-bond donors (Lipinski definition) is 1. The molecule has 0 aromatic heterocycles. The van der Waals surface area contributed by atoms with Crippen molar-refractivity contribution in [2.24, 2.45) is 0 Å². The molecule has 1 atom stereocenters. The second-order valence-electron chi connectivity index (χ2n) is 22.5. The first-order valence-corrected chi connectivity index (χ1v) is 33.3. The van der Waals surface area contributed by atoms with E-state index in [1.54, 1.807) is 0 Å². The topological polar surface area (TPSA) is 72.8 Å². The van der Waals surface area contributed by atoms with E-state index in [0.29, 0.717) is 12.8 Å². The molecule has 0 aliphatic rings. The predicted octanol–water partition coefficient (Wildman–Crippen LogP) is 22.9. The minimum absolute atomic E-state index is 0.0593. The summed E-state index contributed by atoms with van der Waals surface area (Å²) in [4.78, 5) is 24.6. The van der Waals surface area contributed by atoms with Gasteiger partial charge in [-0.2, -0.15) is 0 Å². The van der Waals surface area contributed by atoms with Gasteiger partial charge in [0.15, 0.2) is 6.10 Å². The zero-order chi connectivity index (χ0) is 54.1. The Hall–Kier alpha value is -2.40. The first kappa shape index (κ1) is 72.6. The van der Waals surface area contributed by atoms with Gasteiger partial charge in [-0.15, -0.1) is 0 Å². The molecule has 0 amide bonds. The zero-order valence-corrected chi connectivity index (χ0v) is 50.3. The van der Waals surface area contributed by atoms with Crippen LogP contribution >= 0.6 is 0 Å². The van der Waals surface area contributed by atoms with Crippen molar-refractivity contribution < 1.29 is 24.2 Å². The molecule has 438 valence electrons. The Kier molecular flexibility index (Phi) is 63.8. The maximum atomic E-state index is 12.3. The van der Waals surface area contributed by atoms with Gasteiger partial charge < -0.3 is 14.6 Å². The van der Waals surface area contributed by atoms with Crippen molar-refractivity contribution in [3.8, 4) is 0 Å². The third-order valence-electron chi connectivity index (χ3n) is 15.1. The molecular weight excluding hydrogens is 921 g/mol. The minimum Gasteiger partial charge on any atom is -0.462 e. The van der Waals surface area contributed by atoms with Gasteiger partial charge in [0, 0.05) is 12.8 Å². The summed E-state index contributed by atoms with van der Waals surface area (Å²) >= 11 is 0. The van der Waals surface area contributed by atoms with Crippen LogP contribution in [0.15, 0.2) is 60.8 Å². The third kappa shape index (κ3) is 64.0. The van der Waals surface area contributed by atoms with Crippen LogP contribution in [0.5, 0.6) is 0 Å². The fourth-order valence-electron chi connectivity index (χ4n) is 10.1. The number of esters is 2. The Morgan fingerprint density at radius 3 is 0.867 bits per heavy atom. The van der Waals surface area contributed by atoms with Gasteiger partial charge in [-0.3, -0.25) is 9.59 Å².